The highest BCUT2D eigenvalue weighted by Gasteiger charge is 2.48. The third kappa shape index (κ3) is 27.7. The number of aliphatic hydroxyl groups is 4. The van der Waals surface area contributed by atoms with E-state index in [0.717, 1.165) is 72.7 Å². The molecule has 6 aromatic carbocycles. The normalized spacial score (nSPS) is 14.8. The molecular weight excluding hydrogens is 1950 g/mol. The molecule has 0 radical (unpaired) electrons. The largest absolute Gasteiger partial charge is 0.586 e. The van der Waals surface area contributed by atoms with E-state index in [4.69, 9.17) is 14.0 Å². The van der Waals surface area contributed by atoms with Gasteiger partial charge in [0.05, 0.1) is 56.2 Å². The van der Waals surface area contributed by atoms with E-state index >= 15 is 0 Å². The molecule has 42 heteroatoms. The number of carboxylic acid groups (broad SMARTS) is 1. The number of carbonyl (C=O) groups is 3. The van der Waals surface area contributed by atoms with Crippen molar-refractivity contribution in [1.29, 1.82) is 0 Å². The van der Waals surface area contributed by atoms with Gasteiger partial charge < -0.3 is 62.8 Å². The number of aliphatic hydroxyl groups excluding tert-OH is 1. The lowest BCUT2D eigenvalue weighted by Gasteiger charge is -2.36. The maximum Gasteiger partial charge on any atom is 0.586 e. The van der Waals surface area contributed by atoms with Crippen molar-refractivity contribution in [1.82, 2.24) is 24.4 Å². The number of halogens is 6. The molecule has 2 amide bonds. The molecule has 3 aliphatic heterocycles. The molecule has 9 aromatic rings. The molecule has 0 fully saturated rings. The number of sulfonamides is 3. The van der Waals surface area contributed by atoms with Gasteiger partial charge in [-0.1, -0.05) is 179 Å². The van der Waals surface area contributed by atoms with Crippen LogP contribution in [-0.2, 0) is 109 Å². The summed E-state index contributed by atoms with van der Waals surface area (Å²) in [6.45, 7) is 52.7. The standard InChI is InChI=1S/C34H46F2N2O7S2Si.C28H32F2N2O7S2.C21H22F2O4.C13H26N2O4S2Si/c1-19(2)23-14-22(21-12-13-27-28(16-21)45-34(35,36)44-27)15-24(20(3)4)25(23)17-29(39)38-47(41,42)30-26(37-31(46-30)33(8,9)40)18-43-48(10,11)32(5,6)7;1-14(2)18-9-17(16-7-8-22-23(11-16)39-28(29,30)38-22)10-19(15(3)4)20(18)12-24(34)32-41(36,37)25-21(13-33)31-26(40-25)27(5,6)35;1-11(2)15-7-14(8-16(12(3)4)17(15)10-20(24)25)13-5-6-18-19(9-13)27-21(22,23)26-18;1-12(2,3)22(6,7)19-8-9-10(21(14,17)18)20-11(15-9)13(4,5)16/h12-16,19-20,40H,17-18H2,1-11H3,(H,38,39);7-11,14-15,33,35H,12-13H2,1-6H3,(H,32,34);5-9,11-12H,10H2,1-4H3,(H,24,25);16H,8H2,1-7H3,(H2,14,17,18). The highest BCUT2D eigenvalue weighted by molar-refractivity contribution is 7.92. The topological polar surface area (TPSA) is 417 Å². The molecular formula is C96H126F6N6O22S6Si2. The molecule has 3 aromatic heterocycles. The predicted octanol–water partition coefficient (Wildman–Crippen LogP) is 21.4. The minimum absolute atomic E-state index is 0.000543. The van der Waals surface area contributed by atoms with Gasteiger partial charge >= 0.3 is 24.9 Å². The molecule has 0 spiro atoms. The summed E-state index contributed by atoms with van der Waals surface area (Å²) in [5.41, 5.74) is 7.67. The first-order chi connectivity index (χ1) is 62.8. The van der Waals surface area contributed by atoms with Crippen LogP contribution in [0.5, 0.6) is 34.5 Å². The number of primary sulfonamides is 1. The third-order valence-corrected chi connectivity index (χ3v) is 42.1. The second-order valence-corrected chi connectivity index (χ2v) is 58.7. The number of fused-ring (bicyclic) bond motifs is 3. The van der Waals surface area contributed by atoms with E-state index in [0.29, 0.717) is 49.7 Å². The number of carbonyl (C=O) groups excluding carboxylic acids is 2. The number of aliphatic carboxylic acids is 1. The summed E-state index contributed by atoms with van der Waals surface area (Å²) in [5, 5.41) is 55.6. The second-order valence-electron chi connectivity index (χ2n) is 40.5. The molecule has 0 aliphatic carbocycles. The van der Waals surface area contributed by atoms with Gasteiger partial charge in [0, 0.05) is 0 Å². The van der Waals surface area contributed by atoms with Crippen molar-refractivity contribution in [2.75, 3.05) is 0 Å². The Balaban J connectivity index is 0.000000215. The van der Waals surface area contributed by atoms with Crippen molar-refractivity contribution < 1.29 is 129 Å². The molecule has 0 saturated heterocycles. The second kappa shape index (κ2) is 41.5. The fourth-order valence-corrected chi connectivity index (χ4v) is 23.1. The van der Waals surface area contributed by atoms with Crippen LogP contribution in [0.4, 0.5) is 26.3 Å². The van der Waals surface area contributed by atoms with Crippen LogP contribution in [0.25, 0.3) is 33.4 Å². The molecule has 0 saturated carbocycles. The lowest BCUT2D eigenvalue weighted by Crippen LogP contribution is -2.40. The van der Waals surface area contributed by atoms with Gasteiger partial charge in [-0.25, -0.2) is 54.8 Å². The number of alkyl halides is 6. The molecule has 0 bridgehead atoms. The Morgan fingerprint density at radius 3 is 0.877 bits per heavy atom. The van der Waals surface area contributed by atoms with Gasteiger partial charge in [-0.15, -0.1) is 60.4 Å². The van der Waals surface area contributed by atoms with Crippen LogP contribution in [0, 0.1) is 0 Å². The van der Waals surface area contributed by atoms with Crippen LogP contribution in [0.1, 0.15) is 284 Å². The van der Waals surface area contributed by atoms with E-state index in [2.05, 4.69) is 107 Å². The molecule has 9 N–H and O–H groups in total. The molecule has 12 rings (SSSR count). The van der Waals surface area contributed by atoms with Crippen LogP contribution in [0.3, 0.4) is 0 Å². The fourth-order valence-electron chi connectivity index (χ4n) is 14.3. The molecule has 138 heavy (non-hydrogen) atoms. The predicted molar refractivity (Wildman–Crippen MR) is 522 cm³/mol. The summed E-state index contributed by atoms with van der Waals surface area (Å²) in [5.74, 6) is -2.71. The van der Waals surface area contributed by atoms with Crippen molar-refractivity contribution in [2.45, 2.75) is 325 Å². The van der Waals surface area contributed by atoms with E-state index < -0.39 is 107 Å². The first-order valence-corrected chi connectivity index (χ1v) is 57.3. The smallest absolute Gasteiger partial charge is 0.481 e. The molecule has 0 unspecified atom stereocenters. The summed E-state index contributed by atoms with van der Waals surface area (Å²) >= 11 is 2.38. The van der Waals surface area contributed by atoms with E-state index in [1.807, 2.05) is 133 Å². The van der Waals surface area contributed by atoms with Gasteiger partial charge in [0.2, 0.25) is 21.8 Å². The molecule has 6 heterocycles. The average molecular weight is 2080 g/mol. The SMILES string of the molecule is CC(C)(O)c1nc(CO[Si](C)(C)C(C)(C)C)c(S(N)(=O)=O)s1.CC(C)c1cc(-c2ccc3c(c2)OC(F)(F)O3)cc(C(C)C)c1CC(=O)NS(=O)(=O)c1sc(C(C)(C)O)nc1CO.CC(C)c1cc(-c2ccc3c(c2)OC(F)(F)O3)cc(C(C)C)c1CC(=O)NS(=O)(=O)c1sc(C(C)(C)O)nc1CO[Si](C)(C)C(C)(C)C.CC(C)c1cc(-c2ccc3c(c2)OC(F)(F)O3)cc(C(C)C)c1CC(=O)O. The number of nitrogens with one attached hydrogen (secondary N) is 2. The Bertz CT molecular complexity index is 6320. The zero-order valence-electron chi connectivity index (χ0n) is 82.7. The number of benzene rings is 6. The monoisotopic (exact) mass is 2080 g/mol. The number of aromatic nitrogens is 3. The van der Waals surface area contributed by atoms with Gasteiger partial charge in [-0.3, -0.25) is 14.4 Å². The zero-order valence-corrected chi connectivity index (χ0v) is 89.6. The van der Waals surface area contributed by atoms with Gasteiger partial charge in [-0.05, 0) is 233 Å². The number of amides is 2. The van der Waals surface area contributed by atoms with Gasteiger partial charge in [0.15, 0.2) is 63.8 Å². The highest BCUT2D eigenvalue weighted by Crippen LogP contribution is 2.50. The minimum atomic E-state index is -4.40. The first kappa shape index (κ1) is 113. The number of nitrogens with zero attached hydrogens (tertiary/aromatic N) is 3. The summed E-state index contributed by atoms with van der Waals surface area (Å²) in [7, 11) is -17.0. The Morgan fingerprint density at radius 1 is 0.399 bits per heavy atom. The van der Waals surface area contributed by atoms with Crippen LogP contribution < -0.4 is 43.0 Å². The Kier molecular flexibility index (Phi) is 33.9. The number of rotatable bonds is 30. The highest BCUT2D eigenvalue weighted by atomic mass is 32.3. The third-order valence-electron chi connectivity index (χ3n) is 23.6. The Hall–Kier alpha value is -9.00. The van der Waals surface area contributed by atoms with Crippen molar-refractivity contribution in [2.24, 2.45) is 5.14 Å². The van der Waals surface area contributed by atoms with Crippen molar-refractivity contribution in [3.8, 4) is 67.9 Å². The molecule has 0 atom stereocenters. The van der Waals surface area contributed by atoms with Gasteiger partial charge in [-0.2, -0.15) is 0 Å². The summed E-state index contributed by atoms with van der Waals surface area (Å²) < 4.78 is 202. The summed E-state index contributed by atoms with van der Waals surface area (Å²) in [4.78, 5) is 50.8. The maximum absolute atomic E-state index is 13.8. The van der Waals surface area contributed by atoms with Crippen LogP contribution in [0.15, 0.2) is 104 Å². The van der Waals surface area contributed by atoms with E-state index in [1.54, 1.807) is 32.0 Å². The van der Waals surface area contributed by atoms with E-state index in [9.17, 15) is 91.5 Å². The quantitative estimate of drug-likeness (QED) is 0.0153. The van der Waals surface area contributed by atoms with Crippen LogP contribution in [0.2, 0.25) is 36.3 Å². The number of ether oxygens (including phenoxy) is 6. The lowest BCUT2D eigenvalue weighted by atomic mass is 9.84. The first-order valence-electron chi connectivity index (χ1n) is 44.5. The molecule has 758 valence electrons. The van der Waals surface area contributed by atoms with Gasteiger partial charge in [0.1, 0.15) is 31.8 Å². The minimum Gasteiger partial charge on any atom is -0.481 e. The van der Waals surface area contributed by atoms with E-state index in [-0.39, 0.29) is 152 Å². The van der Waals surface area contributed by atoms with Crippen LogP contribution in [-0.4, -0.2) is 119 Å². The number of nitrogens with two attached hydrogens (primary N) is 1. The fraction of sp³-hybridized carbons (Fsp3) is 0.500. The summed E-state index contributed by atoms with van der Waals surface area (Å²) in [6, 6.07) is 25.1. The van der Waals surface area contributed by atoms with E-state index in [1.165, 1.54) is 64.1 Å². The molecule has 28 nitrogen and oxygen atoms in total. The lowest BCUT2D eigenvalue weighted by molar-refractivity contribution is -0.287. The Morgan fingerprint density at radius 2 is 0.638 bits per heavy atom. The molecule has 3 aliphatic rings. The number of thiazole rings is 3. The number of hydrogen-bond acceptors (Lipinski definition) is 27. The van der Waals surface area contributed by atoms with Crippen molar-refractivity contribution in [3.63, 3.8) is 0 Å². The average Bonchev–Trinajstić information content (AvgIpc) is 1.10. The van der Waals surface area contributed by atoms with Gasteiger partial charge in [0.25, 0.3) is 20.0 Å². The maximum atomic E-state index is 13.8. The summed E-state index contributed by atoms with van der Waals surface area (Å²) in [6.07, 6.45) is -11.6. The Labute approximate surface area is 817 Å². The number of hydrogen-bond donors (Lipinski definition) is 8. The van der Waals surface area contributed by atoms with Crippen LogP contribution >= 0.6 is 34.0 Å². The van der Waals surface area contributed by atoms with Crippen molar-refractivity contribution >= 4 is 98.5 Å². The van der Waals surface area contributed by atoms with Crippen molar-refractivity contribution in [3.05, 3.63) is 173 Å². The zero-order chi connectivity index (χ0) is 104. The number of carboxylic acids is 1.